The fraction of sp³-hybridized carbons (Fsp3) is 0.625. The Morgan fingerprint density at radius 1 is 0.762 bits per heavy atom. The van der Waals surface area contributed by atoms with Crippen molar-refractivity contribution in [2.24, 2.45) is 47.3 Å². The van der Waals surface area contributed by atoms with Crippen molar-refractivity contribution in [2.45, 2.75) is 63.8 Å². The van der Waals surface area contributed by atoms with Crippen LogP contribution in [-0.2, 0) is 28.7 Å². The number of imide groups is 2. The number of ketones is 1. The first kappa shape index (κ1) is 27.7. The molecule has 7 rings (SSSR count). The summed E-state index contributed by atoms with van der Waals surface area (Å²) in [5, 5.41) is 0.474. The lowest BCUT2D eigenvalue weighted by Crippen LogP contribution is -2.47. The smallest absolute Gasteiger partial charge is 0.329 e. The first-order chi connectivity index (χ1) is 20.2. The molecule has 0 N–H and O–H groups in total. The van der Waals surface area contributed by atoms with Gasteiger partial charge in [0.2, 0.25) is 23.6 Å². The van der Waals surface area contributed by atoms with Gasteiger partial charge in [-0.15, -0.1) is 0 Å². The number of rotatable bonds is 10. The Hall–Kier alpha value is -3.07. The lowest BCUT2D eigenvalue weighted by Gasteiger charge is -2.26. The number of carbonyl (C=O) groups is 6. The third-order valence-corrected chi connectivity index (χ3v) is 11.4. The van der Waals surface area contributed by atoms with E-state index >= 15 is 0 Å². The van der Waals surface area contributed by atoms with Crippen molar-refractivity contribution in [1.29, 1.82) is 0 Å². The van der Waals surface area contributed by atoms with Gasteiger partial charge in [0.25, 0.3) is 0 Å². The Morgan fingerprint density at radius 3 is 1.79 bits per heavy atom. The van der Waals surface area contributed by atoms with Gasteiger partial charge in [-0.3, -0.25) is 33.8 Å². The Bertz CT molecular complexity index is 1300. The Kier molecular flexibility index (Phi) is 6.99. The van der Waals surface area contributed by atoms with E-state index < -0.39 is 24.4 Å². The van der Waals surface area contributed by atoms with E-state index in [1.165, 1.54) is 4.90 Å². The number of amides is 4. The Morgan fingerprint density at radius 2 is 1.26 bits per heavy atom. The van der Waals surface area contributed by atoms with Crippen LogP contribution in [0.4, 0.5) is 0 Å². The maximum Gasteiger partial charge on any atom is 0.329 e. The molecule has 222 valence electrons. The molecule has 4 bridgehead atoms. The molecule has 0 unspecified atom stereocenters. The van der Waals surface area contributed by atoms with Crippen LogP contribution in [0.1, 0.15) is 68.1 Å². The van der Waals surface area contributed by atoms with Crippen molar-refractivity contribution in [3.8, 4) is 0 Å². The molecule has 2 heterocycles. The number of Topliss-reactive ketones (excluding diaryl/α,β-unsaturated/α-hetero) is 1. The molecule has 42 heavy (non-hydrogen) atoms. The number of hydrogen-bond donors (Lipinski definition) is 0. The van der Waals surface area contributed by atoms with Crippen molar-refractivity contribution in [1.82, 2.24) is 9.80 Å². The van der Waals surface area contributed by atoms with E-state index in [2.05, 4.69) is 0 Å². The van der Waals surface area contributed by atoms with Crippen LogP contribution in [0.2, 0.25) is 5.02 Å². The van der Waals surface area contributed by atoms with E-state index in [-0.39, 0.29) is 72.1 Å². The zero-order valence-electron chi connectivity index (χ0n) is 23.4. The first-order valence-electron chi connectivity index (χ1n) is 15.4. The van der Waals surface area contributed by atoms with Gasteiger partial charge in [0.05, 0.1) is 23.7 Å². The van der Waals surface area contributed by atoms with Crippen LogP contribution < -0.4 is 0 Å². The average molecular weight is 595 g/mol. The number of carbonyl (C=O) groups excluding carboxylic acids is 6. The van der Waals surface area contributed by atoms with Gasteiger partial charge >= 0.3 is 5.97 Å². The van der Waals surface area contributed by atoms with Crippen molar-refractivity contribution >= 4 is 47.0 Å². The standard InChI is InChI=1S/C32H35ClN2O7/c33-21-10-8-16(9-11-21)23(36)15-42-32(41)22(35-30(39)26-19-6-7-20(14-19)27(26)31(35)40)3-1-2-12-34-28(37)24-17-4-5-18(13-17)25(24)29(34)38/h8-11,17-20,22,24-27H,1-7,12-15H2/t17-,18-,19-,20-,22-,24-,25+,26-,27+/m0/s1. The second-order valence-corrected chi connectivity index (χ2v) is 13.6. The molecule has 2 aliphatic heterocycles. The van der Waals surface area contributed by atoms with E-state index in [1.807, 2.05) is 0 Å². The van der Waals surface area contributed by atoms with Gasteiger partial charge in [-0.25, -0.2) is 4.79 Å². The van der Waals surface area contributed by atoms with Gasteiger partial charge in [0.1, 0.15) is 6.04 Å². The van der Waals surface area contributed by atoms with Crippen molar-refractivity contribution in [2.75, 3.05) is 13.2 Å². The second kappa shape index (κ2) is 10.6. The molecule has 4 aliphatic carbocycles. The number of hydrogen-bond acceptors (Lipinski definition) is 7. The van der Waals surface area contributed by atoms with Crippen LogP contribution in [0.3, 0.4) is 0 Å². The topological polar surface area (TPSA) is 118 Å². The van der Waals surface area contributed by atoms with Crippen LogP contribution in [0, 0.1) is 47.3 Å². The van der Waals surface area contributed by atoms with Crippen molar-refractivity contribution < 1.29 is 33.5 Å². The molecule has 9 nitrogen and oxygen atoms in total. The molecule has 1 aromatic rings. The molecular weight excluding hydrogens is 560 g/mol. The van der Waals surface area contributed by atoms with E-state index in [1.54, 1.807) is 24.3 Å². The minimum atomic E-state index is -1.15. The summed E-state index contributed by atoms with van der Waals surface area (Å²) in [6, 6.07) is 5.08. The van der Waals surface area contributed by atoms with Gasteiger partial charge in [-0.1, -0.05) is 11.6 Å². The number of fused-ring (bicyclic) bond motifs is 10. The van der Waals surface area contributed by atoms with Gasteiger partial charge in [-0.05, 0) is 106 Å². The van der Waals surface area contributed by atoms with Crippen LogP contribution in [0.5, 0.6) is 0 Å². The predicted octanol–water partition coefficient (Wildman–Crippen LogP) is 3.67. The largest absolute Gasteiger partial charge is 0.456 e. The third kappa shape index (κ3) is 4.33. The summed E-state index contributed by atoms with van der Waals surface area (Å²) in [5.41, 5.74) is 0.335. The fourth-order valence-corrected chi connectivity index (χ4v) is 9.47. The summed E-state index contributed by atoms with van der Waals surface area (Å²) in [6.45, 7) is -0.259. The highest BCUT2D eigenvalue weighted by Crippen LogP contribution is 2.57. The van der Waals surface area contributed by atoms with E-state index in [4.69, 9.17) is 16.3 Å². The van der Waals surface area contributed by atoms with Crippen molar-refractivity contribution in [3.63, 3.8) is 0 Å². The number of likely N-dealkylation sites (tertiary alicyclic amines) is 2. The van der Waals surface area contributed by atoms with Gasteiger partial charge < -0.3 is 4.74 Å². The van der Waals surface area contributed by atoms with E-state index in [0.717, 1.165) is 43.4 Å². The number of ether oxygens (including phenoxy) is 1. The normalized spacial score (nSPS) is 34.9. The Labute approximate surface area is 249 Å². The Balaban J connectivity index is 1.02. The van der Waals surface area contributed by atoms with Crippen LogP contribution in [0.15, 0.2) is 24.3 Å². The highest BCUT2D eigenvalue weighted by Gasteiger charge is 2.63. The molecule has 4 saturated carbocycles. The van der Waals surface area contributed by atoms with Crippen LogP contribution in [0.25, 0.3) is 0 Å². The summed E-state index contributed by atoms with van der Waals surface area (Å²) in [6.07, 6.45) is 6.75. The molecule has 2 saturated heterocycles. The summed E-state index contributed by atoms with van der Waals surface area (Å²) in [5.74, 6) is -2.08. The molecule has 10 heteroatoms. The number of halogens is 1. The molecule has 1 aromatic carbocycles. The second-order valence-electron chi connectivity index (χ2n) is 13.2. The maximum atomic E-state index is 13.6. The lowest BCUT2D eigenvalue weighted by atomic mass is 9.81. The summed E-state index contributed by atoms with van der Waals surface area (Å²) < 4.78 is 5.41. The number of esters is 1. The monoisotopic (exact) mass is 594 g/mol. The van der Waals surface area contributed by atoms with Crippen molar-refractivity contribution in [3.05, 3.63) is 34.9 Å². The highest BCUT2D eigenvalue weighted by atomic mass is 35.5. The molecule has 0 spiro atoms. The quantitative estimate of drug-likeness (QED) is 0.175. The molecule has 4 amide bonds. The SMILES string of the molecule is O=C(COC(=O)[C@H](CCCCN1C(=O)[C@@H]2[C@H]3CC[C@@H](C3)[C@@H]2C1=O)N1C(=O)[C@@H]2[C@H]3CC[C@@H](C3)[C@@H]2C1=O)c1ccc(Cl)cc1. The summed E-state index contributed by atoms with van der Waals surface area (Å²) in [4.78, 5) is 81.8. The lowest BCUT2D eigenvalue weighted by molar-refractivity contribution is -0.159. The fourth-order valence-electron chi connectivity index (χ4n) is 9.34. The molecular formula is C32H35ClN2O7. The molecule has 9 atom stereocenters. The summed E-state index contributed by atoms with van der Waals surface area (Å²) >= 11 is 5.90. The average Bonchev–Trinajstić information content (AvgIpc) is 3.83. The maximum absolute atomic E-state index is 13.6. The number of nitrogens with zero attached hydrogens (tertiary/aromatic N) is 2. The molecule has 0 aromatic heterocycles. The number of unbranched alkanes of at least 4 members (excludes halogenated alkanes) is 1. The third-order valence-electron chi connectivity index (χ3n) is 11.2. The van der Waals surface area contributed by atoms with Gasteiger partial charge in [0.15, 0.2) is 12.4 Å². The first-order valence-corrected chi connectivity index (χ1v) is 15.8. The van der Waals surface area contributed by atoms with Crippen LogP contribution in [-0.4, -0.2) is 64.4 Å². The molecule has 6 fully saturated rings. The molecule has 0 radical (unpaired) electrons. The minimum absolute atomic E-state index is 0.0675. The minimum Gasteiger partial charge on any atom is -0.456 e. The van der Waals surface area contributed by atoms with Crippen LogP contribution >= 0.6 is 11.6 Å². The zero-order chi connectivity index (χ0) is 29.3. The van der Waals surface area contributed by atoms with E-state index in [9.17, 15) is 28.8 Å². The summed E-state index contributed by atoms with van der Waals surface area (Å²) in [7, 11) is 0. The van der Waals surface area contributed by atoms with Gasteiger partial charge in [-0.2, -0.15) is 0 Å². The van der Waals surface area contributed by atoms with E-state index in [0.29, 0.717) is 35.3 Å². The highest BCUT2D eigenvalue weighted by molar-refractivity contribution is 6.30. The van der Waals surface area contributed by atoms with Gasteiger partial charge in [0, 0.05) is 17.1 Å². The number of benzene rings is 1. The molecule has 6 aliphatic rings. The zero-order valence-corrected chi connectivity index (χ0v) is 24.2. The predicted molar refractivity (Wildman–Crippen MR) is 149 cm³/mol.